The lowest BCUT2D eigenvalue weighted by molar-refractivity contribution is 0.778. The van der Waals surface area contributed by atoms with Gasteiger partial charge in [-0.3, -0.25) is 0 Å². The van der Waals surface area contributed by atoms with Crippen LogP contribution in [0.15, 0.2) is 27.6 Å². The van der Waals surface area contributed by atoms with E-state index in [9.17, 15) is 0 Å². The van der Waals surface area contributed by atoms with Crippen molar-refractivity contribution in [1.29, 1.82) is 0 Å². The Morgan fingerprint density at radius 2 is 2.12 bits per heavy atom. The third kappa shape index (κ3) is 4.48. The van der Waals surface area contributed by atoms with E-state index in [1.54, 1.807) is 0 Å². The van der Waals surface area contributed by atoms with Crippen molar-refractivity contribution < 1.29 is 0 Å². The minimum atomic E-state index is 0.107. The predicted octanol–water partition coefficient (Wildman–Crippen LogP) is 4.75. The van der Waals surface area contributed by atoms with Crippen molar-refractivity contribution >= 4 is 27.7 Å². The summed E-state index contributed by atoms with van der Waals surface area (Å²) >= 11 is 5.53. The summed E-state index contributed by atoms with van der Waals surface area (Å²) in [7, 11) is 0. The van der Waals surface area contributed by atoms with E-state index < -0.39 is 0 Å². The summed E-state index contributed by atoms with van der Waals surface area (Å²) in [5.74, 6) is 1.20. The second-order valence-electron chi connectivity index (χ2n) is 4.03. The molecule has 1 aromatic rings. The topological polar surface area (TPSA) is 26.0 Å². The van der Waals surface area contributed by atoms with Crippen molar-refractivity contribution in [1.82, 2.24) is 0 Å². The summed E-state index contributed by atoms with van der Waals surface area (Å²) in [6, 6.07) is 6.53. The molecule has 2 N–H and O–H groups in total. The van der Waals surface area contributed by atoms with Gasteiger partial charge in [0.25, 0.3) is 0 Å². The number of hydrogen-bond donors (Lipinski definition) is 1. The van der Waals surface area contributed by atoms with Gasteiger partial charge < -0.3 is 5.73 Å². The van der Waals surface area contributed by atoms with Crippen molar-refractivity contribution in [2.45, 2.75) is 44.0 Å². The zero-order valence-corrected chi connectivity index (χ0v) is 12.4. The lowest BCUT2D eigenvalue weighted by Crippen LogP contribution is -2.04. The van der Waals surface area contributed by atoms with Crippen LogP contribution >= 0.6 is 27.7 Å². The molecule has 0 fully saturated rings. The normalized spacial score (nSPS) is 12.8. The fourth-order valence-corrected chi connectivity index (χ4v) is 3.12. The van der Waals surface area contributed by atoms with Gasteiger partial charge in [0.15, 0.2) is 0 Å². The molecule has 90 valence electrons. The van der Waals surface area contributed by atoms with Crippen LogP contribution in [0.4, 0.5) is 0 Å². The molecule has 0 saturated carbocycles. The molecule has 0 bridgehead atoms. The molecule has 0 amide bonds. The Hall–Kier alpha value is 0.01000. The first-order valence-electron chi connectivity index (χ1n) is 5.83. The molecule has 0 radical (unpaired) electrons. The zero-order chi connectivity index (χ0) is 12.0. The van der Waals surface area contributed by atoms with E-state index in [0.29, 0.717) is 0 Å². The first kappa shape index (κ1) is 14.1. The molecule has 1 atom stereocenters. The van der Waals surface area contributed by atoms with Crippen molar-refractivity contribution in [3.8, 4) is 0 Å². The highest BCUT2D eigenvalue weighted by molar-refractivity contribution is 9.10. The summed E-state index contributed by atoms with van der Waals surface area (Å²) in [5, 5.41) is 0. The van der Waals surface area contributed by atoms with Crippen molar-refractivity contribution in [3.63, 3.8) is 0 Å². The molecule has 0 heterocycles. The highest BCUT2D eigenvalue weighted by atomic mass is 79.9. The van der Waals surface area contributed by atoms with Crippen LogP contribution in [0.25, 0.3) is 0 Å². The fourth-order valence-electron chi connectivity index (χ4n) is 1.45. The van der Waals surface area contributed by atoms with Gasteiger partial charge in [-0.25, -0.2) is 0 Å². The molecule has 3 heteroatoms. The Balaban J connectivity index is 2.54. The molecule has 0 aliphatic heterocycles. The third-order valence-corrected chi connectivity index (χ3v) is 4.57. The molecule has 0 aliphatic carbocycles. The van der Waals surface area contributed by atoms with Gasteiger partial charge in [0.05, 0.1) is 0 Å². The van der Waals surface area contributed by atoms with E-state index in [1.807, 2.05) is 18.7 Å². The van der Waals surface area contributed by atoms with Gasteiger partial charge in [0.1, 0.15) is 0 Å². The smallest absolute Gasteiger partial charge is 0.0314 e. The summed E-state index contributed by atoms with van der Waals surface area (Å²) in [5.41, 5.74) is 7.03. The van der Waals surface area contributed by atoms with E-state index in [-0.39, 0.29) is 6.04 Å². The Labute approximate surface area is 111 Å². The minimum absolute atomic E-state index is 0.107. The zero-order valence-electron chi connectivity index (χ0n) is 10.0. The van der Waals surface area contributed by atoms with Crippen LogP contribution in [-0.2, 0) is 0 Å². The Bertz CT molecular complexity index is 326. The van der Waals surface area contributed by atoms with Gasteiger partial charge >= 0.3 is 0 Å². The Morgan fingerprint density at radius 1 is 1.38 bits per heavy atom. The second kappa shape index (κ2) is 7.36. The first-order chi connectivity index (χ1) is 7.65. The molecule has 0 aliphatic rings. The molecule has 0 unspecified atom stereocenters. The first-order valence-corrected chi connectivity index (χ1v) is 7.60. The number of rotatable bonds is 6. The lowest BCUT2D eigenvalue weighted by atomic mass is 10.1. The summed E-state index contributed by atoms with van der Waals surface area (Å²) in [6.45, 7) is 4.24. The average molecular weight is 302 g/mol. The van der Waals surface area contributed by atoms with Crippen LogP contribution in [0.2, 0.25) is 0 Å². The van der Waals surface area contributed by atoms with Gasteiger partial charge in [-0.1, -0.05) is 25.8 Å². The number of halogens is 1. The van der Waals surface area contributed by atoms with Crippen LogP contribution in [0.3, 0.4) is 0 Å². The lowest BCUT2D eigenvalue weighted by Gasteiger charge is -2.09. The Morgan fingerprint density at radius 3 is 2.69 bits per heavy atom. The molecule has 0 spiro atoms. The van der Waals surface area contributed by atoms with Gasteiger partial charge in [-0.05, 0) is 52.7 Å². The number of unbranched alkanes of at least 4 members (excludes halogenated alkanes) is 2. The third-order valence-electron chi connectivity index (χ3n) is 2.49. The van der Waals surface area contributed by atoms with Gasteiger partial charge in [-0.2, -0.15) is 0 Å². The standard InChI is InChI=1S/C13H20BrNS/c1-3-4-5-8-16-13-7-6-11(10(2)15)9-12(13)14/h6-7,9-10H,3-5,8,15H2,1-2H3/t10-/m1/s1. The van der Waals surface area contributed by atoms with Crippen LogP contribution < -0.4 is 5.73 Å². The summed E-state index contributed by atoms with van der Waals surface area (Å²) < 4.78 is 1.17. The molecule has 0 aromatic heterocycles. The molecular weight excluding hydrogens is 282 g/mol. The van der Waals surface area contributed by atoms with Crippen LogP contribution in [0.1, 0.15) is 44.7 Å². The summed E-state index contributed by atoms with van der Waals surface area (Å²) in [6.07, 6.45) is 3.90. The van der Waals surface area contributed by atoms with Gasteiger partial charge in [-0.15, -0.1) is 11.8 Å². The quantitative estimate of drug-likeness (QED) is 0.606. The van der Waals surface area contributed by atoms with Gasteiger partial charge in [0, 0.05) is 15.4 Å². The van der Waals surface area contributed by atoms with E-state index in [2.05, 4.69) is 41.1 Å². The van der Waals surface area contributed by atoms with E-state index in [1.165, 1.54) is 39.9 Å². The molecular formula is C13H20BrNS. The predicted molar refractivity (Wildman–Crippen MR) is 77.0 cm³/mol. The average Bonchev–Trinajstić information content (AvgIpc) is 2.26. The monoisotopic (exact) mass is 301 g/mol. The number of hydrogen-bond acceptors (Lipinski definition) is 2. The van der Waals surface area contributed by atoms with E-state index >= 15 is 0 Å². The Kier molecular flexibility index (Phi) is 6.47. The maximum Gasteiger partial charge on any atom is 0.0314 e. The van der Waals surface area contributed by atoms with Crippen LogP contribution in [-0.4, -0.2) is 5.75 Å². The van der Waals surface area contributed by atoms with Crippen molar-refractivity contribution in [3.05, 3.63) is 28.2 Å². The number of nitrogens with two attached hydrogens (primary N) is 1. The van der Waals surface area contributed by atoms with E-state index in [4.69, 9.17) is 5.73 Å². The fraction of sp³-hybridized carbons (Fsp3) is 0.538. The van der Waals surface area contributed by atoms with Crippen LogP contribution in [0.5, 0.6) is 0 Å². The highest BCUT2D eigenvalue weighted by Crippen LogP contribution is 2.30. The largest absolute Gasteiger partial charge is 0.324 e. The molecule has 16 heavy (non-hydrogen) atoms. The van der Waals surface area contributed by atoms with E-state index in [0.717, 1.165) is 0 Å². The highest BCUT2D eigenvalue weighted by Gasteiger charge is 2.04. The van der Waals surface area contributed by atoms with Crippen molar-refractivity contribution in [2.24, 2.45) is 5.73 Å². The maximum absolute atomic E-state index is 5.84. The molecule has 1 aromatic carbocycles. The summed E-state index contributed by atoms with van der Waals surface area (Å²) in [4.78, 5) is 1.32. The van der Waals surface area contributed by atoms with Gasteiger partial charge in [0.2, 0.25) is 0 Å². The second-order valence-corrected chi connectivity index (χ2v) is 6.03. The number of thioether (sulfide) groups is 1. The number of benzene rings is 1. The molecule has 1 nitrogen and oxygen atoms in total. The van der Waals surface area contributed by atoms with Crippen LogP contribution in [0, 0.1) is 0 Å². The van der Waals surface area contributed by atoms with Crippen molar-refractivity contribution in [2.75, 3.05) is 5.75 Å². The molecule has 0 saturated heterocycles. The SMILES string of the molecule is CCCCCSc1ccc([C@@H](C)N)cc1Br. The minimum Gasteiger partial charge on any atom is -0.324 e. The molecule has 1 rings (SSSR count). The maximum atomic E-state index is 5.84.